The smallest absolute Gasteiger partial charge is 0.410 e. The number of halogens is 2. The molecule has 3 heterocycles. The number of carbonyl (C=O) groups excluding carboxylic acids is 1. The summed E-state index contributed by atoms with van der Waals surface area (Å²) in [4.78, 5) is 18.4. The second kappa shape index (κ2) is 7.42. The maximum Gasteiger partial charge on any atom is 0.410 e. The third kappa shape index (κ3) is 4.67. The Morgan fingerprint density at radius 2 is 2.08 bits per heavy atom. The number of nitrogens with zero attached hydrogens (tertiary/aromatic N) is 3. The van der Waals surface area contributed by atoms with Gasteiger partial charge in [0.15, 0.2) is 0 Å². The van der Waals surface area contributed by atoms with E-state index in [1.807, 2.05) is 31.9 Å². The maximum absolute atomic E-state index is 12.2. The molecule has 0 bridgehead atoms. The summed E-state index contributed by atoms with van der Waals surface area (Å²) >= 11 is 5.82. The van der Waals surface area contributed by atoms with Gasteiger partial charge in [0.05, 0.1) is 11.7 Å². The fourth-order valence-electron chi connectivity index (χ4n) is 3.17. The van der Waals surface area contributed by atoms with Crippen LogP contribution in [0, 0.1) is 9.49 Å². The van der Waals surface area contributed by atoms with Crippen molar-refractivity contribution in [3.05, 3.63) is 26.6 Å². The van der Waals surface area contributed by atoms with Crippen LogP contribution < -0.4 is 0 Å². The molecular weight excluding hydrogens is 497 g/mol. The molecule has 3 rings (SSSR count). The van der Waals surface area contributed by atoms with E-state index in [-0.39, 0.29) is 6.09 Å². The van der Waals surface area contributed by atoms with E-state index in [1.54, 1.807) is 0 Å². The molecule has 0 atom stereocenters. The normalized spacial score (nSPS) is 16.4. The standard InChI is InChI=1S/C18H23BrIN3O2/c1-18(2,3)25-17(24)22-6-4-12(5-7-22)10-23-11-14(20)13-8-16(19)21-9-15(13)23/h8-9,11-12H,4-7,10H2,1-3H3. The number of carbonyl (C=O) groups is 1. The zero-order valence-corrected chi connectivity index (χ0v) is 18.5. The Labute approximate surface area is 170 Å². The summed E-state index contributed by atoms with van der Waals surface area (Å²) in [6, 6.07) is 2.07. The number of hydrogen-bond donors (Lipinski definition) is 0. The Morgan fingerprint density at radius 3 is 2.72 bits per heavy atom. The lowest BCUT2D eigenvalue weighted by Gasteiger charge is -2.33. The van der Waals surface area contributed by atoms with Gasteiger partial charge in [-0.2, -0.15) is 0 Å². The van der Waals surface area contributed by atoms with Crippen LogP contribution in [0.25, 0.3) is 10.9 Å². The topological polar surface area (TPSA) is 47.4 Å². The highest BCUT2D eigenvalue weighted by molar-refractivity contribution is 14.1. The van der Waals surface area contributed by atoms with E-state index in [0.717, 1.165) is 37.1 Å². The van der Waals surface area contributed by atoms with Gasteiger partial charge in [0, 0.05) is 34.8 Å². The summed E-state index contributed by atoms with van der Waals surface area (Å²) in [5.41, 5.74) is 0.734. The van der Waals surface area contributed by atoms with E-state index in [9.17, 15) is 4.79 Å². The lowest BCUT2D eigenvalue weighted by Crippen LogP contribution is -2.42. The van der Waals surface area contributed by atoms with Crippen molar-refractivity contribution < 1.29 is 9.53 Å². The van der Waals surface area contributed by atoms with Crippen molar-refractivity contribution in [2.45, 2.75) is 45.8 Å². The summed E-state index contributed by atoms with van der Waals surface area (Å²) in [7, 11) is 0. The summed E-state index contributed by atoms with van der Waals surface area (Å²) < 4.78 is 9.87. The number of likely N-dealkylation sites (tertiary alicyclic amines) is 1. The van der Waals surface area contributed by atoms with Crippen molar-refractivity contribution in [2.75, 3.05) is 13.1 Å². The van der Waals surface area contributed by atoms with Crippen LogP contribution in [0.3, 0.4) is 0 Å². The molecule has 136 valence electrons. The Balaban J connectivity index is 1.62. The molecule has 1 fully saturated rings. The van der Waals surface area contributed by atoms with Gasteiger partial charge in [0.25, 0.3) is 0 Å². The minimum absolute atomic E-state index is 0.194. The van der Waals surface area contributed by atoms with Crippen LogP contribution >= 0.6 is 38.5 Å². The summed E-state index contributed by atoms with van der Waals surface area (Å²) in [6.45, 7) is 8.21. The number of amides is 1. The van der Waals surface area contributed by atoms with Crippen LogP contribution in [0.1, 0.15) is 33.6 Å². The zero-order valence-electron chi connectivity index (χ0n) is 14.8. The molecule has 1 saturated heterocycles. The van der Waals surface area contributed by atoms with Crippen molar-refractivity contribution in [1.29, 1.82) is 0 Å². The lowest BCUT2D eigenvalue weighted by atomic mass is 9.97. The largest absolute Gasteiger partial charge is 0.444 e. The molecule has 2 aromatic heterocycles. The molecular formula is C18H23BrIN3O2. The van der Waals surface area contributed by atoms with Crippen LogP contribution in [0.15, 0.2) is 23.1 Å². The van der Waals surface area contributed by atoms with Crippen molar-refractivity contribution in [2.24, 2.45) is 5.92 Å². The second-order valence-electron chi connectivity index (χ2n) is 7.56. The molecule has 25 heavy (non-hydrogen) atoms. The second-order valence-corrected chi connectivity index (χ2v) is 9.54. The van der Waals surface area contributed by atoms with Crippen LogP contribution in [-0.2, 0) is 11.3 Å². The van der Waals surface area contributed by atoms with E-state index < -0.39 is 5.60 Å². The van der Waals surface area contributed by atoms with Crippen LogP contribution in [-0.4, -0.2) is 39.2 Å². The molecule has 0 N–H and O–H groups in total. The van der Waals surface area contributed by atoms with E-state index in [0.29, 0.717) is 5.92 Å². The minimum Gasteiger partial charge on any atom is -0.444 e. The average molecular weight is 520 g/mol. The molecule has 1 aliphatic rings. The molecule has 0 aromatic carbocycles. The first kappa shape index (κ1) is 18.9. The third-order valence-electron chi connectivity index (χ3n) is 4.41. The molecule has 5 nitrogen and oxygen atoms in total. The molecule has 7 heteroatoms. The zero-order chi connectivity index (χ0) is 18.2. The maximum atomic E-state index is 12.2. The summed E-state index contributed by atoms with van der Waals surface area (Å²) in [5.74, 6) is 0.564. The first-order chi connectivity index (χ1) is 11.7. The van der Waals surface area contributed by atoms with Crippen LogP contribution in [0.4, 0.5) is 4.79 Å². The quantitative estimate of drug-likeness (QED) is 0.412. The molecule has 0 saturated carbocycles. The predicted octanol–water partition coefficient (Wildman–Crippen LogP) is 5.05. The average Bonchev–Trinajstić information content (AvgIpc) is 2.82. The van der Waals surface area contributed by atoms with Crippen molar-refractivity contribution in [3.8, 4) is 0 Å². The fraction of sp³-hybridized carbons (Fsp3) is 0.556. The van der Waals surface area contributed by atoms with Crippen LogP contribution in [0.5, 0.6) is 0 Å². The molecule has 0 spiro atoms. The summed E-state index contributed by atoms with van der Waals surface area (Å²) in [5, 5.41) is 1.23. The SMILES string of the molecule is CC(C)(C)OC(=O)N1CCC(Cn2cc(I)c3cc(Br)ncc32)CC1. The summed E-state index contributed by atoms with van der Waals surface area (Å²) in [6.07, 6.45) is 5.93. The molecule has 1 amide bonds. The number of piperidine rings is 1. The number of rotatable bonds is 2. The van der Waals surface area contributed by atoms with Crippen molar-refractivity contribution in [3.63, 3.8) is 0 Å². The van der Waals surface area contributed by atoms with Gasteiger partial charge in [-0.05, 0) is 84.1 Å². The number of fused-ring (bicyclic) bond motifs is 1. The highest BCUT2D eigenvalue weighted by Gasteiger charge is 2.27. The monoisotopic (exact) mass is 519 g/mol. The molecule has 2 aromatic rings. The van der Waals surface area contributed by atoms with E-state index in [1.165, 1.54) is 14.5 Å². The minimum atomic E-state index is -0.435. The fourth-order valence-corrected chi connectivity index (χ4v) is 4.27. The lowest BCUT2D eigenvalue weighted by molar-refractivity contribution is 0.0178. The van der Waals surface area contributed by atoms with Gasteiger partial charge in [-0.15, -0.1) is 0 Å². The van der Waals surface area contributed by atoms with Crippen molar-refractivity contribution >= 4 is 55.5 Å². The predicted molar refractivity (Wildman–Crippen MR) is 111 cm³/mol. The van der Waals surface area contributed by atoms with Gasteiger partial charge in [0.2, 0.25) is 0 Å². The molecule has 0 unspecified atom stereocenters. The number of hydrogen-bond acceptors (Lipinski definition) is 3. The Kier molecular flexibility index (Phi) is 5.63. The first-order valence-corrected chi connectivity index (χ1v) is 10.4. The van der Waals surface area contributed by atoms with Gasteiger partial charge >= 0.3 is 6.09 Å². The van der Waals surface area contributed by atoms with Gasteiger partial charge in [-0.1, -0.05) is 0 Å². The number of pyridine rings is 1. The van der Waals surface area contributed by atoms with Crippen molar-refractivity contribution in [1.82, 2.24) is 14.5 Å². The Morgan fingerprint density at radius 1 is 1.40 bits per heavy atom. The highest BCUT2D eigenvalue weighted by Crippen LogP contribution is 2.28. The highest BCUT2D eigenvalue weighted by atomic mass is 127. The Bertz CT molecular complexity index is 776. The number of ether oxygens (including phenoxy) is 1. The van der Waals surface area contributed by atoms with Gasteiger partial charge in [-0.25, -0.2) is 9.78 Å². The van der Waals surface area contributed by atoms with E-state index >= 15 is 0 Å². The van der Waals surface area contributed by atoms with E-state index in [2.05, 4.69) is 60.3 Å². The molecule has 0 radical (unpaired) electrons. The molecule has 1 aliphatic heterocycles. The third-order valence-corrected chi connectivity index (χ3v) is 5.70. The first-order valence-electron chi connectivity index (χ1n) is 8.51. The van der Waals surface area contributed by atoms with Gasteiger partial charge in [0.1, 0.15) is 10.2 Å². The van der Waals surface area contributed by atoms with Gasteiger partial charge < -0.3 is 14.2 Å². The number of aromatic nitrogens is 2. The van der Waals surface area contributed by atoms with Gasteiger partial charge in [-0.3, -0.25) is 0 Å². The molecule has 0 aliphatic carbocycles. The van der Waals surface area contributed by atoms with E-state index in [4.69, 9.17) is 4.74 Å². The Hall–Kier alpha value is -0.830. The van der Waals surface area contributed by atoms with Crippen LogP contribution in [0.2, 0.25) is 0 Å².